The Morgan fingerprint density at radius 1 is 1.10 bits per heavy atom. The number of carbonyl (C=O) groups excluding carboxylic acids is 1. The number of nitrogens with one attached hydrogen (secondary N) is 1. The summed E-state index contributed by atoms with van der Waals surface area (Å²) in [6, 6.07) is 10.2. The average Bonchev–Trinajstić information content (AvgIpc) is 3.16. The number of aromatic nitrogens is 3. The summed E-state index contributed by atoms with van der Waals surface area (Å²) in [5.74, 6) is 0.429. The Kier molecular flexibility index (Phi) is 6.47. The second-order valence-electron chi connectivity index (χ2n) is 7.59. The van der Waals surface area contributed by atoms with Crippen LogP contribution in [-0.2, 0) is 13.1 Å². The molecule has 4 rings (SSSR count). The lowest BCUT2D eigenvalue weighted by Gasteiger charge is -2.32. The van der Waals surface area contributed by atoms with Gasteiger partial charge in [-0.3, -0.25) is 9.69 Å². The van der Waals surface area contributed by atoms with Gasteiger partial charge in [-0.05, 0) is 31.2 Å². The number of likely N-dealkylation sites (N-methyl/N-ethyl adjacent to an activating group) is 1. The van der Waals surface area contributed by atoms with Gasteiger partial charge in [0.05, 0.1) is 5.69 Å². The molecular weight excluding hydrogens is 396 g/mol. The van der Waals surface area contributed by atoms with Crippen molar-refractivity contribution in [3.8, 4) is 10.8 Å². The van der Waals surface area contributed by atoms with Crippen LogP contribution in [0.1, 0.15) is 26.5 Å². The molecule has 0 unspecified atom stereocenters. The first-order valence-electron chi connectivity index (χ1n) is 10.1. The monoisotopic (exact) mass is 422 g/mol. The van der Waals surface area contributed by atoms with E-state index in [-0.39, 0.29) is 5.91 Å². The van der Waals surface area contributed by atoms with E-state index in [0.717, 1.165) is 38.3 Å². The molecule has 0 spiro atoms. The molecule has 0 atom stereocenters. The number of benzene rings is 1. The van der Waals surface area contributed by atoms with Crippen LogP contribution in [0.25, 0.3) is 10.8 Å². The molecule has 30 heavy (non-hydrogen) atoms. The zero-order chi connectivity index (χ0) is 20.9. The van der Waals surface area contributed by atoms with E-state index in [1.54, 1.807) is 18.5 Å². The van der Waals surface area contributed by atoms with Crippen LogP contribution in [0.3, 0.4) is 0 Å². The molecule has 0 aliphatic carbocycles. The van der Waals surface area contributed by atoms with Gasteiger partial charge in [-0.2, -0.15) is 0 Å². The SMILES string of the molecule is Cc1nc(-c2ncccn2)sc1C(=O)NCc1cccc(CN2CCN(C)CC2)c1. The van der Waals surface area contributed by atoms with Gasteiger partial charge in [-0.15, -0.1) is 11.3 Å². The maximum atomic E-state index is 12.7. The Morgan fingerprint density at radius 3 is 2.60 bits per heavy atom. The summed E-state index contributed by atoms with van der Waals surface area (Å²) in [6.45, 7) is 7.69. The van der Waals surface area contributed by atoms with Gasteiger partial charge >= 0.3 is 0 Å². The Bertz CT molecular complexity index is 998. The highest BCUT2D eigenvalue weighted by Crippen LogP contribution is 2.25. The highest BCUT2D eigenvalue weighted by molar-refractivity contribution is 7.17. The smallest absolute Gasteiger partial charge is 0.263 e. The molecule has 0 radical (unpaired) electrons. The van der Waals surface area contributed by atoms with Crippen LogP contribution in [-0.4, -0.2) is 63.9 Å². The molecule has 1 aliphatic rings. The van der Waals surface area contributed by atoms with E-state index in [2.05, 4.69) is 61.4 Å². The predicted molar refractivity (Wildman–Crippen MR) is 118 cm³/mol. The minimum atomic E-state index is -0.114. The number of carbonyl (C=O) groups is 1. The molecule has 7 nitrogen and oxygen atoms in total. The number of hydrogen-bond donors (Lipinski definition) is 1. The minimum absolute atomic E-state index is 0.114. The summed E-state index contributed by atoms with van der Waals surface area (Å²) in [6.07, 6.45) is 3.35. The lowest BCUT2D eigenvalue weighted by atomic mass is 10.1. The van der Waals surface area contributed by atoms with Crippen LogP contribution in [0.15, 0.2) is 42.7 Å². The average molecular weight is 423 g/mol. The molecule has 2 aromatic heterocycles. The molecular formula is C22H26N6OS. The number of piperazine rings is 1. The van der Waals surface area contributed by atoms with Crippen molar-refractivity contribution in [2.45, 2.75) is 20.0 Å². The maximum absolute atomic E-state index is 12.7. The van der Waals surface area contributed by atoms with Gasteiger partial charge in [0, 0.05) is 51.7 Å². The molecule has 1 aliphatic heterocycles. The van der Waals surface area contributed by atoms with Gasteiger partial charge < -0.3 is 10.2 Å². The van der Waals surface area contributed by atoms with Crippen LogP contribution in [0.4, 0.5) is 0 Å². The van der Waals surface area contributed by atoms with Crippen molar-refractivity contribution in [1.82, 2.24) is 30.1 Å². The third kappa shape index (κ3) is 5.08. The van der Waals surface area contributed by atoms with Crippen LogP contribution in [0, 0.1) is 6.92 Å². The summed E-state index contributed by atoms with van der Waals surface area (Å²) in [4.78, 5) is 31.1. The Balaban J connectivity index is 1.37. The zero-order valence-corrected chi connectivity index (χ0v) is 18.2. The van der Waals surface area contributed by atoms with E-state index in [9.17, 15) is 4.79 Å². The number of thiazole rings is 1. The quantitative estimate of drug-likeness (QED) is 0.658. The standard InChI is InChI=1S/C22H26N6OS/c1-16-19(30-22(26-16)20-23-7-4-8-24-20)21(29)25-14-17-5-3-6-18(13-17)15-28-11-9-27(2)10-12-28/h3-8,13H,9-12,14-15H2,1-2H3,(H,25,29). The summed E-state index contributed by atoms with van der Waals surface area (Å²) in [5.41, 5.74) is 3.08. The fourth-order valence-corrected chi connectivity index (χ4v) is 4.41. The summed E-state index contributed by atoms with van der Waals surface area (Å²) in [5, 5.41) is 3.69. The van der Waals surface area contributed by atoms with E-state index in [0.29, 0.717) is 27.9 Å². The van der Waals surface area contributed by atoms with Gasteiger partial charge in [-0.25, -0.2) is 15.0 Å². The topological polar surface area (TPSA) is 74.2 Å². The third-order valence-electron chi connectivity index (χ3n) is 5.21. The van der Waals surface area contributed by atoms with E-state index >= 15 is 0 Å². The van der Waals surface area contributed by atoms with Gasteiger partial charge in [0.15, 0.2) is 10.8 Å². The number of amides is 1. The molecule has 3 aromatic rings. The number of rotatable bonds is 6. The van der Waals surface area contributed by atoms with Gasteiger partial charge in [0.25, 0.3) is 5.91 Å². The van der Waals surface area contributed by atoms with Crippen molar-refractivity contribution in [1.29, 1.82) is 0 Å². The van der Waals surface area contributed by atoms with Crippen molar-refractivity contribution < 1.29 is 4.79 Å². The molecule has 1 fully saturated rings. The molecule has 8 heteroatoms. The summed E-state index contributed by atoms with van der Waals surface area (Å²) >= 11 is 1.32. The van der Waals surface area contributed by atoms with Crippen molar-refractivity contribution in [3.63, 3.8) is 0 Å². The largest absolute Gasteiger partial charge is 0.347 e. The Hall–Kier alpha value is -2.68. The van der Waals surface area contributed by atoms with Gasteiger partial charge in [0.1, 0.15) is 4.88 Å². The lowest BCUT2D eigenvalue weighted by molar-refractivity contribution is 0.0954. The molecule has 156 valence electrons. The normalized spacial score (nSPS) is 15.3. The van der Waals surface area contributed by atoms with Crippen LogP contribution in [0.5, 0.6) is 0 Å². The Morgan fingerprint density at radius 2 is 1.83 bits per heavy atom. The predicted octanol–water partition coefficient (Wildman–Crippen LogP) is 2.59. The molecule has 1 saturated heterocycles. The third-order valence-corrected chi connectivity index (χ3v) is 6.36. The van der Waals surface area contributed by atoms with Crippen LogP contribution in [0.2, 0.25) is 0 Å². The molecule has 3 heterocycles. The van der Waals surface area contributed by atoms with E-state index < -0.39 is 0 Å². The maximum Gasteiger partial charge on any atom is 0.263 e. The highest BCUT2D eigenvalue weighted by Gasteiger charge is 2.17. The van der Waals surface area contributed by atoms with Crippen molar-refractivity contribution in [3.05, 3.63) is 64.4 Å². The Labute approximate surface area is 180 Å². The van der Waals surface area contributed by atoms with Crippen LogP contribution >= 0.6 is 11.3 Å². The van der Waals surface area contributed by atoms with E-state index in [1.807, 2.05) is 6.92 Å². The lowest BCUT2D eigenvalue weighted by Crippen LogP contribution is -2.43. The minimum Gasteiger partial charge on any atom is -0.347 e. The molecule has 1 N–H and O–H groups in total. The molecule has 0 saturated carbocycles. The first kappa shape index (κ1) is 20.6. The van der Waals surface area contributed by atoms with E-state index in [1.165, 1.54) is 16.9 Å². The highest BCUT2D eigenvalue weighted by atomic mass is 32.1. The van der Waals surface area contributed by atoms with Crippen molar-refractivity contribution in [2.75, 3.05) is 33.2 Å². The fraction of sp³-hybridized carbons (Fsp3) is 0.364. The second-order valence-corrected chi connectivity index (χ2v) is 8.59. The summed E-state index contributed by atoms with van der Waals surface area (Å²) in [7, 11) is 2.17. The summed E-state index contributed by atoms with van der Waals surface area (Å²) < 4.78 is 0. The first-order valence-corrected chi connectivity index (χ1v) is 10.9. The van der Waals surface area contributed by atoms with Gasteiger partial charge in [-0.1, -0.05) is 24.3 Å². The van der Waals surface area contributed by atoms with Gasteiger partial charge in [0.2, 0.25) is 0 Å². The van der Waals surface area contributed by atoms with Crippen molar-refractivity contribution in [2.24, 2.45) is 0 Å². The molecule has 1 aromatic carbocycles. The van der Waals surface area contributed by atoms with Crippen molar-refractivity contribution >= 4 is 17.2 Å². The molecule has 0 bridgehead atoms. The van der Waals surface area contributed by atoms with E-state index in [4.69, 9.17) is 0 Å². The second kappa shape index (κ2) is 9.42. The van der Waals surface area contributed by atoms with Crippen LogP contribution < -0.4 is 5.32 Å². The zero-order valence-electron chi connectivity index (χ0n) is 17.3. The number of nitrogens with zero attached hydrogens (tertiary/aromatic N) is 5. The first-order chi connectivity index (χ1) is 14.6. The fourth-order valence-electron chi connectivity index (χ4n) is 3.48. The number of hydrogen-bond acceptors (Lipinski definition) is 7. The number of aryl methyl sites for hydroxylation is 1. The molecule has 1 amide bonds.